The Labute approximate surface area is 116 Å². The van der Waals surface area contributed by atoms with Gasteiger partial charge in [0.15, 0.2) is 0 Å². The SMILES string of the molecule is N=C(c1ccccc1O)c1c(O)ccc2ccccc12. The van der Waals surface area contributed by atoms with E-state index in [0.717, 1.165) is 10.8 Å². The number of aromatic hydroxyl groups is 2. The van der Waals surface area contributed by atoms with Crippen LogP contribution >= 0.6 is 0 Å². The van der Waals surface area contributed by atoms with Crippen molar-refractivity contribution >= 4 is 16.5 Å². The van der Waals surface area contributed by atoms with Gasteiger partial charge in [0.05, 0.1) is 5.71 Å². The first kappa shape index (κ1) is 12.2. The largest absolute Gasteiger partial charge is 0.507 e. The fourth-order valence-corrected chi connectivity index (χ4v) is 2.34. The predicted molar refractivity (Wildman–Crippen MR) is 79.7 cm³/mol. The summed E-state index contributed by atoms with van der Waals surface area (Å²) in [6.45, 7) is 0. The average Bonchev–Trinajstić information content (AvgIpc) is 2.47. The molecule has 20 heavy (non-hydrogen) atoms. The molecule has 0 aromatic heterocycles. The fraction of sp³-hybridized carbons (Fsp3) is 0. The zero-order chi connectivity index (χ0) is 14.1. The van der Waals surface area contributed by atoms with Crippen molar-refractivity contribution in [1.29, 1.82) is 5.41 Å². The number of fused-ring (bicyclic) bond motifs is 1. The van der Waals surface area contributed by atoms with Crippen LogP contribution in [0.5, 0.6) is 11.5 Å². The Bertz CT molecular complexity index is 809. The average molecular weight is 263 g/mol. The molecule has 0 aliphatic heterocycles. The summed E-state index contributed by atoms with van der Waals surface area (Å²) in [5.41, 5.74) is 0.946. The van der Waals surface area contributed by atoms with Gasteiger partial charge in [-0.2, -0.15) is 0 Å². The molecule has 0 heterocycles. The summed E-state index contributed by atoms with van der Waals surface area (Å²) >= 11 is 0. The maximum Gasteiger partial charge on any atom is 0.125 e. The lowest BCUT2D eigenvalue weighted by Gasteiger charge is -2.11. The Morgan fingerprint density at radius 1 is 0.750 bits per heavy atom. The molecule has 0 atom stereocenters. The van der Waals surface area contributed by atoms with Gasteiger partial charge in [0.2, 0.25) is 0 Å². The van der Waals surface area contributed by atoms with Gasteiger partial charge in [-0.05, 0) is 29.0 Å². The molecule has 0 saturated carbocycles. The first-order valence-corrected chi connectivity index (χ1v) is 6.26. The molecule has 0 aliphatic rings. The second-order valence-corrected chi connectivity index (χ2v) is 4.57. The van der Waals surface area contributed by atoms with Crippen LogP contribution in [-0.2, 0) is 0 Å². The topological polar surface area (TPSA) is 64.3 Å². The normalized spacial score (nSPS) is 10.6. The Balaban J connectivity index is 2.27. The summed E-state index contributed by atoms with van der Waals surface area (Å²) in [7, 11) is 0. The van der Waals surface area contributed by atoms with E-state index in [2.05, 4.69) is 0 Å². The lowest BCUT2D eigenvalue weighted by molar-refractivity contribution is 0.472. The van der Waals surface area contributed by atoms with Gasteiger partial charge >= 0.3 is 0 Å². The molecule has 3 rings (SSSR count). The molecular formula is C17H13NO2. The number of hydrogen-bond acceptors (Lipinski definition) is 3. The van der Waals surface area contributed by atoms with Gasteiger partial charge in [0.1, 0.15) is 11.5 Å². The molecular weight excluding hydrogens is 250 g/mol. The number of phenolic OH excluding ortho intramolecular Hbond substituents is 2. The minimum Gasteiger partial charge on any atom is -0.507 e. The third-order valence-electron chi connectivity index (χ3n) is 3.33. The van der Waals surface area contributed by atoms with Crippen LogP contribution in [-0.4, -0.2) is 15.9 Å². The summed E-state index contributed by atoms with van der Waals surface area (Å²) in [6.07, 6.45) is 0. The molecule has 3 heteroatoms. The summed E-state index contributed by atoms with van der Waals surface area (Å²) in [4.78, 5) is 0. The quantitative estimate of drug-likeness (QED) is 0.618. The molecule has 3 aromatic carbocycles. The summed E-state index contributed by atoms with van der Waals surface area (Å²) < 4.78 is 0. The molecule has 98 valence electrons. The summed E-state index contributed by atoms with van der Waals surface area (Å²) in [6, 6.07) is 17.6. The van der Waals surface area contributed by atoms with Gasteiger partial charge in [-0.15, -0.1) is 0 Å². The standard InChI is InChI=1S/C17H13NO2/c18-17(13-7-3-4-8-14(13)19)16-12-6-2-1-5-11(12)9-10-15(16)20/h1-10,18-20H. The van der Waals surface area contributed by atoms with Gasteiger partial charge in [-0.3, -0.25) is 5.41 Å². The number of benzene rings is 3. The van der Waals surface area contributed by atoms with E-state index in [1.54, 1.807) is 24.3 Å². The molecule has 0 saturated heterocycles. The molecule has 3 aromatic rings. The van der Waals surface area contributed by atoms with E-state index in [4.69, 9.17) is 5.41 Å². The van der Waals surface area contributed by atoms with Gasteiger partial charge in [-0.25, -0.2) is 0 Å². The second-order valence-electron chi connectivity index (χ2n) is 4.57. The highest BCUT2D eigenvalue weighted by Gasteiger charge is 2.15. The fourth-order valence-electron chi connectivity index (χ4n) is 2.34. The van der Waals surface area contributed by atoms with E-state index in [9.17, 15) is 10.2 Å². The van der Waals surface area contributed by atoms with Crippen LogP contribution in [0.1, 0.15) is 11.1 Å². The first-order chi connectivity index (χ1) is 9.68. The van der Waals surface area contributed by atoms with E-state index in [1.807, 2.05) is 30.3 Å². The maximum atomic E-state index is 10.1. The second kappa shape index (κ2) is 4.70. The van der Waals surface area contributed by atoms with Crippen LogP contribution in [0.15, 0.2) is 60.7 Å². The van der Waals surface area contributed by atoms with Crippen LogP contribution in [0, 0.1) is 5.41 Å². The molecule has 0 spiro atoms. The molecule has 0 unspecified atom stereocenters. The van der Waals surface area contributed by atoms with Crippen LogP contribution in [0.25, 0.3) is 10.8 Å². The number of nitrogens with one attached hydrogen (secondary N) is 1. The smallest absolute Gasteiger partial charge is 0.125 e. The number of phenols is 2. The monoisotopic (exact) mass is 263 g/mol. The molecule has 0 amide bonds. The zero-order valence-electron chi connectivity index (χ0n) is 10.7. The maximum absolute atomic E-state index is 10.1. The van der Waals surface area contributed by atoms with Crippen molar-refractivity contribution < 1.29 is 10.2 Å². The van der Waals surface area contributed by atoms with Crippen molar-refractivity contribution in [2.24, 2.45) is 0 Å². The minimum atomic E-state index is 0.0323. The van der Waals surface area contributed by atoms with Crippen molar-refractivity contribution in [3.63, 3.8) is 0 Å². The highest BCUT2D eigenvalue weighted by Crippen LogP contribution is 2.31. The molecule has 0 bridgehead atoms. The zero-order valence-corrected chi connectivity index (χ0v) is 10.7. The van der Waals surface area contributed by atoms with Crippen molar-refractivity contribution in [2.45, 2.75) is 0 Å². The number of rotatable bonds is 2. The Morgan fingerprint density at radius 3 is 2.25 bits per heavy atom. The third kappa shape index (κ3) is 1.89. The molecule has 3 nitrogen and oxygen atoms in total. The molecule has 0 radical (unpaired) electrons. The van der Waals surface area contributed by atoms with Crippen LogP contribution in [0.4, 0.5) is 0 Å². The van der Waals surface area contributed by atoms with E-state index in [0.29, 0.717) is 11.1 Å². The predicted octanol–water partition coefficient (Wildman–Crippen LogP) is 3.67. The van der Waals surface area contributed by atoms with Crippen LogP contribution in [0.2, 0.25) is 0 Å². The molecule has 0 fully saturated rings. The van der Waals surface area contributed by atoms with Gasteiger partial charge < -0.3 is 10.2 Å². The lowest BCUT2D eigenvalue weighted by atomic mass is 9.95. The van der Waals surface area contributed by atoms with Gasteiger partial charge in [0, 0.05) is 11.1 Å². The highest BCUT2D eigenvalue weighted by molar-refractivity contribution is 6.20. The summed E-state index contributed by atoms with van der Waals surface area (Å²) in [5, 5.41) is 30.0. The van der Waals surface area contributed by atoms with E-state index in [-0.39, 0.29) is 17.2 Å². The Morgan fingerprint density at radius 2 is 1.45 bits per heavy atom. The minimum absolute atomic E-state index is 0.0323. The van der Waals surface area contributed by atoms with Crippen molar-refractivity contribution in [3.8, 4) is 11.5 Å². The first-order valence-electron chi connectivity index (χ1n) is 6.26. The van der Waals surface area contributed by atoms with Gasteiger partial charge in [0.25, 0.3) is 0 Å². The van der Waals surface area contributed by atoms with Crippen LogP contribution in [0.3, 0.4) is 0 Å². The highest BCUT2D eigenvalue weighted by atomic mass is 16.3. The number of para-hydroxylation sites is 1. The number of hydrogen-bond donors (Lipinski definition) is 3. The van der Waals surface area contributed by atoms with E-state index < -0.39 is 0 Å². The molecule has 3 N–H and O–H groups in total. The van der Waals surface area contributed by atoms with Crippen molar-refractivity contribution in [1.82, 2.24) is 0 Å². The summed E-state index contributed by atoms with van der Waals surface area (Å²) in [5.74, 6) is 0.0711. The van der Waals surface area contributed by atoms with Crippen molar-refractivity contribution in [3.05, 3.63) is 71.8 Å². The lowest BCUT2D eigenvalue weighted by Crippen LogP contribution is -2.03. The molecule has 0 aliphatic carbocycles. The third-order valence-corrected chi connectivity index (χ3v) is 3.33. The van der Waals surface area contributed by atoms with Gasteiger partial charge in [-0.1, -0.05) is 42.5 Å². The Kier molecular flexibility index (Phi) is 2.88. The van der Waals surface area contributed by atoms with E-state index in [1.165, 1.54) is 6.07 Å². The Hall–Kier alpha value is -2.81. The van der Waals surface area contributed by atoms with E-state index >= 15 is 0 Å². The van der Waals surface area contributed by atoms with Crippen molar-refractivity contribution in [2.75, 3.05) is 0 Å². The van der Waals surface area contributed by atoms with Crippen LogP contribution < -0.4 is 0 Å².